The van der Waals surface area contributed by atoms with Crippen LogP contribution in [0.15, 0.2) is 24.3 Å². The molecule has 0 heterocycles. The fourth-order valence-electron chi connectivity index (χ4n) is 1.58. The average molecular weight is 322 g/mol. The van der Waals surface area contributed by atoms with E-state index < -0.39 is 38.0 Å². The van der Waals surface area contributed by atoms with Crippen molar-refractivity contribution in [2.75, 3.05) is 41.0 Å². The summed E-state index contributed by atoms with van der Waals surface area (Å²) in [6, 6.07) is 6.30. The smallest absolute Gasteiger partial charge is 0.236 e. The van der Waals surface area contributed by atoms with Gasteiger partial charge < -0.3 is 10.8 Å². The number of hydrogen-bond acceptors (Lipinski definition) is 6. The predicted molar refractivity (Wildman–Crippen MR) is 78.8 cm³/mol. The lowest BCUT2D eigenvalue weighted by atomic mass is 10.3. The third kappa shape index (κ3) is 4.66. The summed E-state index contributed by atoms with van der Waals surface area (Å²) in [5, 5.41) is 9.02. The van der Waals surface area contributed by atoms with E-state index in [4.69, 9.17) is 10.8 Å². The Kier molecular flexibility index (Phi) is 5.37. The fourth-order valence-corrected chi connectivity index (χ4v) is 4.68. The van der Waals surface area contributed by atoms with Crippen molar-refractivity contribution in [2.45, 2.75) is 0 Å². The van der Waals surface area contributed by atoms with Gasteiger partial charge in [0.15, 0.2) is 0 Å². The fraction of sp³-hybridized carbons (Fsp3) is 0.455. The Labute approximate surface area is 119 Å². The standard InChI is InChI=1S/C11H18N2O5S2/c1-19(15,16)8-9-20(17,18)13(6-7-14)11-5-3-2-4-10(11)12/h2-5,14H,6-9,12H2,1H3. The number of anilines is 2. The van der Waals surface area contributed by atoms with Crippen LogP contribution in [-0.4, -0.2) is 52.9 Å². The number of nitrogens with zero attached hydrogens (tertiary/aromatic N) is 1. The second kappa shape index (κ2) is 6.42. The topological polar surface area (TPSA) is 118 Å². The van der Waals surface area contributed by atoms with Crippen LogP contribution in [0.3, 0.4) is 0 Å². The molecule has 0 fully saturated rings. The predicted octanol–water partition coefficient (Wildman–Crippen LogP) is -0.558. The molecule has 0 atom stereocenters. The van der Waals surface area contributed by atoms with E-state index in [9.17, 15) is 16.8 Å². The lowest BCUT2D eigenvalue weighted by Crippen LogP contribution is -2.37. The van der Waals surface area contributed by atoms with Crippen molar-refractivity contribution in [3.8, 4) is 0 Å². The lowest BCUT2D eigenvalue weighted by molar-refractivity contribution is 0.307. The molecular formula is C11H18N2O5S2. The number of sulfonamides is 1. The molecule has 9 heteroatoms. The Balaban J connectivity index is 3.10. The number of rotatable bonds is 7. The second-order valence-electron chi connectivity index (χ2n) is 4.30. The molecule has 0 radical (unpaired) electrons. The van der Waals surface area contributed by atoms with Gasteiger partial charge in [-0.15, -0.1) is 0 Å². The number of nitrogens with two attached hydrogens (primary N) is 1. The number of para-hydroxylation sites is 2. The van der Waals surface area contributed by atoms with Gasteiger partial charge in [0.25, 0.3) is 0 Å². The highest BCUT2D eigenvalue weighted by Gasteiger charge is 2.25. The van der Waals surface area contributed by atoms with Crippen LogP contribution in [0.5, 0.6) is 0 Å². The molecule has 0 aliphatic heterocycles. The van der Waals surface area contributed by atoms with E-state index in [0.717, 1.165) is 10.6 Å². The maximum atomic E-state index is 12.2. The molecule has 0 aliphatic rings. The third-order valence-electron chi connectivity index (χ3n) is 2.56. The number of nitrogen functional groups attached to an aromatic ring is 1. The monoisotopic (exact) mass is 322 g/mol. The van der Waals surface area contributed by atoms with Crippen molar-refractivity contribution in [3.63, 3.8) is 0 Å². The van der Waals surface area contributed by atoms with E-state index in [0.29, 0.717) is 0 Å². The molecule has 20 heavy (non-hydrogen) atoms. The number of benzene rings is 1. The van der Waals surface area contributed by atoms with Gasteiger partial charge in [0.1, 0.15) is 9.84 Å². The van der Waals surface area contributed by atoms with Crippen LogP contribution in [-0.2, 0) is 19.9 Å². The van der Waals surface area contributed by atoms with Gasteiger partial charge in [-0.25, -0.2) is 16.8 Å². The number of aliphatic hydroxyl groups excluding tert-OH is 1. The highest BCUT2D eigenvalue weighted by Crippen LogP contribution is 2.25. The number of aliphatic hydroxyl groups is 1. The minimum atomic E-state index is -3.88. The Hall–Kier alpha value is -1.32. The van der Waals surface area contributed by atoms with Gasteiger partial charge in [-0.3, -0.25) is 4.31 Å². The summed E-state index contributed by atoms with van der Waals surface area (Å²) in [5.74, 6) is -1.04. The molecule has 0 amide bonds. The van der Waals surface area contributed by atoms with E-state index in [1.165, 1.54) is 12.1 Å². The Morgan fingerprint density at radius 2 is 1.75 bits per heavy atom. The molecule has 0 aromatic heterocycles. The third-order valence-corrected chi connectivity index (χ3v) is 5.53. The van der Waals surface area contributed by atoms with Crippen molar-refractivity contribution in [3.05, 3.63) is 24.3 Å². The minimum Gasteiger partial charge on any atom is -0.397 e. The second-order valence-corrected chi connectivity index (χ2v) is 8.57. The van der Waals surface area contributed by atoms with Crippen molar-refractivity contribution in [1.29, 1.82) is 0 Å². The number of sulfone groups is 1. The molecule has 1 rings (SSSR count). The van der Waals surface area contributed by atoms with Crippen LogP contribution >= 0.6 is 0 Å². The summed E-state index contributed by atoms with van der Waals surface area (Å²) < 4.78 is 47.6. The maximum absolute atomic E-state index is 12.2. The first-order valence-corrected chi connectivity index (χ1v) is 9.48. The molecule has 0 aliphatic carbocycles. The average Bonchev–Trinajstić information content (AvgIpc) is 2.34. The molecule has 0 saturated heterocycles. The summed E-state index contributed by atoms with van der Waals surface area (Å²) in [6.07, 6.45) is 0.968. The molecule has 1 aromatic carbocycles. The molecule has 0 saturated carbocycles. The van der Waals surface area contributed by atoms with Gasteiger partial charge in [-0.1, -0.05) is 12.1 Å². The first-order chi connectivity index (χ1) is 9.17. The summed E-state index contributed by atoms with van der Waals surface area (Å²) in [4.78, 5) is 0. The first-order valence-electron chi connectivity index (χ1n) is 5.81. The Morgan fingerprint density at radius 3 is 2.25 bits per heavy atom. The van der Waals surface area contributed by atoms with Crippen LogP contribution < -0.4 is 10.0 Å². The van der Waals surface area contributed by atoms with Crippen LogP contribution in [0.2, 0.25) is 0 Å². The summed E-state index contributed by atoms with van der Waals surface area (Å²) in [7, 11) is -7.28. The lowest BCUT2D eigenvalue weighted by Gasteiger charge is -2.24. The first kappa shape index (κ1) is 16.7. The molecule has 3 N–H and O–H groups in total. The van der Waals surface area contributed by atoms with Gasteiger partial charge in [-0.05, 0) is 12.1 Å². The molecule has 0 bridgehead atoms. The van der Waals surface area contributed by atoms with Crippen molar-refractivity contribution in [2.24, 2.45) is 0 Å². The molecule has 0 spiro atoms. The highest BCUT2D eigenvalue weighted by molar-refractivity contribution is 7.95. The summed E-state index contributed by atoms with van der Waals surface area (Å²) in [5.41, 5.74) is 6.20. The van der Waals surface area contributed by atoms with E-state index >= 15 is 0 Å². The Bertz CT molecular complexity index is 655. The number of hydrogen-bond donors (Lipinski definition) is 2. The quantitative estimate of drug-likeness (QED) is 0.650. The molecule has 7 nitrogen and oxygen atoms in total. The summed E-state index contributed by atoms with van der Waals surface area (Å²) in [6.45, 7) is -0.577. The summed E-state index contributed by atoms with van der Waals surface area (Å²) >= 11 is 0. The van der Waals surface area contributed by atoms with Crippen molar-refractivity contribution < 1.29 is 21.9 Å². The normalized spacial score (nSPS) is 12.3. The van der Waals surface area contributed by atoms with Gasteiger partial charge in [0, 0.05) is 6.26 Å². The van der Waals surface area contributed by atoms with E-state index in [-0.39, 0.29) is 17.9 Å². The maximum Gasteiger partial charge on any atom is 0.236 e. The zero-order valence-electron chi connectivity index (χ0n) is 11.1. The largest absolute Gasteiger partial charge is 0.397 e. The molecule has 1 aromatic rings. The SMILES string of the molecule is CS(=O)(=O)CCS(=O)(=O)N(CCO)c1ccccc1N. The van der Waals surface area contributed by atoms with Gasteiger partial charge >= 0.3 is 0 Å². The van der Waals surface area contributed by atoms with Gasteiger partial charge in [-0.2, -0.15) is 0 Å². The zero-order valence-corrected chi connectivity index (χ0v) is 12.7. The van der Waals surface area contributed by atoms with Gasteiger partial charge in [0.2, 0.25) is 10.0 Å². The van der Waals surface area contributed by atoms with E-state index in [2.05, 4.69) is 0 Å². The molecule has 114 valence electrons. The van der Waals surface area contributed by atoms with Crippen LogP contribution in [0.25, 0.3) is 0 Å². The van der Waals surface area contributed by atoms with E-state index in [1.807, 2.05) is 0 Å². The highest BCUT2D eigenvalue weighted by atomic mass is 32.2. The van der Waals surface area contributed by atoms with Gasteiger partial charge in [0.05, 0.1) is 36.0 Å². The van der Waals surface area contributed by atoms with E-state index in [1.54, 1.807) is 12.1 Å². The van der Waals surface area contributed by atoms with Crippen LogP contribution in [0.1, 0.15) is 0 Å². The molecular weight excluding hydrogens is 304 g/mol. The molecule has 0 unspecified atom stereocenters. The minimum absolute atomic E-state index is 0.180. The van der Waals surface area contributed by atoms with Crippen molar-refractivity contribution in [1.82, 2.24) is 0 Å². The zero-order chi connectivity index (χ0) is 15.4. The van der Waals surface area contributed by atoms with Crippen LogP contribution in [0.4, 0.5) is 11.4 Å². The van der Waals surface area contributed by atoms with Crippen LogP contribution in [0, 0.1) is 0 Å². The Morgan fingerprint density at radius 1 is 1.15 bits per heavy atom. The van der Waals surface area contributed by atoms with Crippen molar-refractivity contribution >= 4 is 31.2 Å².